The first-order valence-electron chi connectivity index (χ1n) is 8.32. The lowest BCUT2D eigenvalue weighted by atomic mass is 9.80. The first-order valence-corrected chi connectivity index (χ1v) is 9.11. The van der Waals surface area contributed by atoms with E-state index in [4.69, 9.17) is 4.74 Å². The number of carbonyl (C=O) groups is 2. The van der Waals surface area contributed by atoms with Gasteiger partial charge in [0.1, 0.15) is 11.4 Å². The average Bonchev–Trinajstić information content (AvgIpc) is 3.33. The van der Waals surface area contributed by atoms with E-state index in [2.05, 4.69) is 28.1 Å². The average molecular weight is 378 g/mol. The quantitative estimate of drug-likeness (QED) is 0.776. The molecule has 2 aliphatic carbocycles. The van der Waals surface area contributed by atoms with Crippen molar-refractivity contribution < 1.29 is 14.3 Å². The van der Waals surface area contributed by atoms with E-state index < -0.39 is 5.60 Å². The molecule has 1 aromatic rings. The van der Waals surface area contributed by atoms with Crippen molar-refractivity contribution >= 4 is 27.8 Å². The van der Waals surface area contributed by atoms with Crippen molar-refractivity contribution in [2.75, 3.05) is 6.54 Å². The summed E-state index contributed by atoms with van der Waals surface area (Å²) in [5.41, 5.74) is 0.619. The SMILES string of the molecule is O=C1CCC2(CC1)CCN(C1(c3ccc(Br)cc3)CC1)C(=O)O2. The Balaban J connectivity index is 1.52. The van der Waals surface area contributed by atoms with Crippen LogP contribution >= 0.6 is 15.9 Å². The number of benzene rings is 1. The molecule has 0 radical (unpaired) electrons. The molecule has 0 bridgehead atoms. The van der Waals surface area contributed by atoms with Gasteiger partial charge in [-0.1, -0.05) is 28.1 Å². The van der Waals surface area contributed by atoms with Gasteiger partial charge < -0.3 is 4.74 Å². The maximum absolute atomic E-state index is 12.7. The predicted molar refractivity (Wildman–Crippen MR) is 89.1 cm³/mol. The molecule has 1 amide bonds. The highest BCUT2D eigenvalue weighted by Gasteiger charge is 2.55. The molecule has 2 saturated carbocycles. The Morgan fingerprint density at radius 3 is 2.17 bits per heavy atom. The zero-order chi connectivity index (χ0) is 16.1. The van der Waals surface area contributed by atoms with Crippen molar-refractivity contribution in [3.8, 4) is 0 Å². The molecule has 5 heteroatoms. The number of nitrogens with zero attached hydrogens (tertiary/aromatic N) is 1. The molecule has 0 aromatic heterocycles. The van der Waals surface area contributed by atoms with E-state index in [1.165, 1.54) is 5.56 Å². The molecule has 4 nitrogen and oxygen atoms in total. The van der Waals surface area contributed by atoms with E-state index in [1.807, 2.05) is 17.0 Å². The third-order valence-electron chi connectivity index (χ3n) is 5.66. The van der Waals surface area contributed by atoms with Crippen molar-refractivity contribution in [2.24, 2.45) is 0 Å². The molecule has 0 atom stereocenters. The van der Waals surface area contributed by atoms with Gasteiger partial charge in [0.15, 0.2) is 0 Å². The molecule has 0 unspecified atom stereocenters. The van der Waals surface area contributed by atoms with E-state index in [-0.39, 0.29) is 11.6 Å². The van der Waals surface area contributed by atoms with Crippen molar-refractivity contribution in [3.05, 3.63) is 34.3 Å². The lowest BCUT2D eigenvalue weighted by Gasteiger charge is -2.45. The van der Waals surface area contributed by atoms with Gasteiger partial charge in [-0.2, -0.15) is 0 Å². The Labute approximate surface area is 144 Å². The summed E-state index contributed by atoms with van der Waals surface area (Å²) >= 11 is 3.46. The summed E-state index contributed by atoms with van der Waals surface area (Å²) in [6, 6.07) is 8.24. The molecule has 1 aliphatic heterocycles. The number of Topliss-reactive ketones (excluding diaryl/α,β-unsaturated/α-hetero) is 1. The molecule has 1 heterocycles. The molecule has 122 valence electrons. The van der Waals surface area contributed by atoms with Crippen LogP contribution in [0.4, 0.5) is 4.79 Å². The Kier molecular flexibility index (Phi) is 3.52. The number of ketones is 1. The Bertz CT molecular complexity index is 641. The second-order valence-electron chi connectivity index (χ2n) is 7.03. The van der Waals surface area contributed by atoms with Gasteiger partial charge in [0, 0.05) is 30.3 Å². The molecule has 3 aliphatic rings. The third-order valence-corrected chi connectivity index (χ3v) is 6.18. The summed E-state index contributed by atoms with van der Waals surface area (Å²) in [6.07, 6.45) is 5.10. The third kappa shape index (κ3) is 2.59. The second-order valence-corrected chi connectivity index (χ2v) is 7.95. The number of halogens is 1. The highest BCUT2D eigenvalue weighted by atomic mass is 79.9. The van der Waals surface area contributed by atoms with Crippen LogP contribution in [0.15, 0.2) is 28.7 Å². The largest absolute Gasteiger partial charge is 0.443 e. The van der Waals surface area contributed by atoms with Crippen molar-refractivity contribution in [2.45, 2.75) is 56.1 Å². The standard InChI is InChI=1S/C18H20BrNO3/c19-14-3-1-13(2-4-14)18(9-10-18)20-12-11-17(23-16(20)22)7-5-15(21)6-8-17/h1-4H,5-12H2. The van der Waals surface area contributed by atoms with Gasteiger partial charge in [-0.15, -0.1) is 0 Å². The Hall–Kier alpha value is -1.36. The van der Waals surface area contributed by atoms with Crippen LogP contribution in [0.5, 0.6) is 0 Å². The van der Waals surface area contributed by atoms with Gasteiger partial charge in [0.2, 0.25) is 0 Å². The minimum atomic E-state index is -0.392. The van der Waals surface area contributed by atoms with Crippen LogP contribution in [0.1, 0.15) is 50.5 Å². The van der Waals surface area contributed by atoms with Crippen LogP contribution in [0, 0.1) is 0 Å². The fraction of sp³-hybridized carbons (Fsp3) is 0.556. The second kappa shape index (κ2) is 5.33. The highest BCUT2D eigenvalue weighted by molar-refractivity contribution is 9.10. The molecule has 1 saturated heterocycles. The van der Waals surface area contributed by atoms with E-state index >= 15 is 0 Å². The van der Waals surface area contributed by atoms with Crippen LogP contribution < -0.4 is 0 Å². The normalized spacial score (nSPS) is 25.3. The number of rotatable bonds is 2. The van der Waals surface area contributed by atoms with E-state index in [0.29, 0.717) is 31.5 Å². The highest BCUT2D eigenvalue weighted by Crippen LogP contribution is 2.53. The van der Waals surface area contributed by atoms with Gasteiger partial charge in [-0.05, 0) is 43.4 Å². The Morgan fingerprint density at radius 2 is 1.61 bits per heavy atom. The number of ether oxygens (including phenoxy) is 1. The van der Waals surface area contributed by atoms with E-state index in [9.17, 15) is 9.59 Å². The minimum absolute atomic E-state index is 0.177. The summed E-state index contributed by atoms with van der Waals surface area (Å²) in [6.45, 7) is 0.725. The monoisotopic (exact) mass is 377 g/mol. The molecule has 4 rings (SSSR count). The van der Waals surface area contributed by atoms with Crippen molar-refractivity contribution in [3.63, 3.8) is 0 Å². The lowest BCUT2D eigenvalue weighted by molar-refractivity contribution is -0.130. The van der Waals surface area contributed by atoms with Crippen LogP contribution in [-0.2, 0) is 15.1 Å². The molecule has 3 fully saturated rings. The van der Waals surface area contributed by atoms with Crippen LogP contribution in [0.3, 0.4) is 0 Å². The first-order chi connectivity index (χ1) is 11.0. The van der Waals surface area contributed by atoms with Gasteiger partial charge in [-0.25, -0.2) is 4.79 Å². The zero-order valence-electron chi connectivity index (χ0n) is 13.0. The van der Waals surface area contributed by atoms with E-state index in [0.717, 1.165) is 30.3 Å². The molecule has 23 heavy (non-hydrogen) atoms. The maximum Gasteiger partial charge on any atom is 0.411 e. The fourth-order valence-corrected chi connectivity index (χ4v) is 4.28. The predicted octanol–water partition coefficient (Wildman–Crippen LogP) is 4.16. The summed E-state index contributed by atoms with van der Waals surface area (Å²) in [5.74, 6) is 0.294. The molecule has 0 N–H and O–H groups in total. The zero-order valence-corrected chi connectivity index (χ0v) is 14.6. The smallest absolute Gasteiger partial charge is 0.411 e. The lowest BCUT2D eigenvalue weighted by Crippen LogP contribution is -2.54. The fourth-order valence-electron chi connectivity index (χ4n) is 4.02. The summed E-state index contributed by atoms with van der Waals surface area (Å²) in [4.78, 5) is 26.1. The van der Waals surface area contributed by atoms with Gasteiger partial charge >= 0.3 is 6.09 Å². The van der Waals surface area contributed by atoms with Gasteiger partial charge in [0.25, 0.3) is 0 Å². The molecule has 1 aromatic carbocycles. The van der Waals surface area contributed by atoms with Crippen molar-refractivity contribution in [1.82, 2.24) is 4.90 Å². The summed E-state index contributed by atoms with van der Waals surface area (Å²) in [5, 5.41) is 0. The van der Waals surface area contributed by atoms with Crippen molar-refractivity contribution in [1.29, 1.82) is 0 Å². The van der Waals surface area contributed by atoms with Crippen LogP contribution in [0.25, 0.3) is 0 Å². The topological polar surface area (TPSA) is 46.6 Å². The summed E-state index contributed by atoms with van der Waals surface area (Å²) in [7, 11) is 0. The number of hydrogen-bond donors (Lipinski definition) is 0. The maximum atomic E-state index is 12.7. The van der Waals surface area contributed by atoms with Gasteiger partial charge in [-0.3, -0.25) is 9.69 Å². The first kappa shape index (κ1) is 15.2. The van der Waals surface area contributed by atoms with E-state index in [1.54, 1.807) is 0 Å². The van der Waals surface area contributed by atoms with Crippen LogP contribution in [-0.4, -0.2) is 28.9 Å². The number of amides is 1. The van der Waals surface area contributed by atoms with Gasteiger partial charge in [0.05, 0.1) is 5.54 Å². The van der Waals surface area contributed by atoms with Crippen LogP contribution in [0.2, 0.25) is 0 Å². The molecular weight excluding hydrogens is 358 g/mol. The summed E-state index contributed by atoms with van der Waals surface area (Å²) < 4.78 is 6.92. The number of carbonyl (C=O) groups excluding carboxylic acids is 2. The molecular formula is C18H20BrNO3. The molecule has 1 spiro atoms. The minimum Gasteiger partial charge on any atom is -0.443 e. The number of hydrogen-bond acceptors (Lipinski definition) is 3. The Morgan fingerprint density at radius 1 is 0.957 bits per heavy atom.